The van der Waals surface area contributed by atoms with Crippen molar-refractivity contribution in [3.05, 3.63) is 21.7 Å². The first-order valence-electron chi connectivity index (χ1n) is 13.2. The van der Waals surface area contributed by atoms with Gasteiger partial charge in [-0.05, 0) is 44.3 Å². The number of carbonyl (C=O) groups excluding carboxylic acids is 2. The van der Waals surface area contributed by atoms with Crippen molar-refractivity contribution in [3.63, 3.8) is 0 Å². The van der Waals surface area contributed by atoms with E-state index in [9.17, 15) is 19.8 Å². The van der Waals surface area contributed by atoms with Gasteiger partial charge in [-0.2, -0.15) is 0 Å². The Morgan fingerprint density at radius 1 is 1.16 bits per heavy atom. The Bertz CT molecular complexity index is 1030. The molecule has 1 aromatic rings. The molecule has 2 N–H and O–H groups in total. The number of aliphatic hydroxyl groups is 2. The van der Waals surface area contributed by atoms with Gasteiger partial charge in [-0.25, -0.2) is 9.98 Å². The number of rotatable bonds is 2. The van der Waals surface area contributed by atoms with Gasteiger partial charge in [0.15, 0.2) is 5.90 Å². The van der Waals surface area contributed by atoms with E-state index in [0.29, 0.717) is 12.3 Å². The molecule has 2 aliphatic heterocycles. The molecule has 0 aromatic carbocycles. The standard InChI is InChI=1S/C28H42N2O6S/c1-15-9-8-10-21-23(35-18(4)29-21)12-22(16(2)11-20-14-37-19(5)30-20)36-25(32)13-24(31)28(6,7)27(34)17(3)26(15)33/h11,14-15,17,21-24,26,31,33H,8-10,12-13H2,1-7H3/b16-11+/t15-,17+,21?,22-,23-,24-,26-/m0/s1. The molecule has 0 bridgehead atoms. The van der Waals surface area contributed by atoms with Gasteiger partial charge in [-0.15, -0.1) is 11.3 Å². The van der Waals surface area contributed by atoms with E-state index in [1.54, 1.807) is 32.1 Å². The maximum atomic E-state index is 13.3. The Kier molecular flexibility index (Phi) is 9.69. The lowest BCUT2D eigenvalue weighted by Gasteiger charge is -2.34. The number of hydrogen-bond donors (Lipinski definition) is 2. The van der Waals surface area contributed by atoms with Gasteiger partial charge < -0.3 is 19.7 Å². The number of hydrogen-bond acceptors (Lipinski definition) is 9. The second-order valence-corrected chi connectivity index (χ2v) is 12.3. The second-order valence-electron chi connectivity index (χ2n) is 11.3. The molecule has 0 saturated carbocycles. The van der Waals surface area contributed by atoms with Crippen LogP contribution in [0.5, 0.6) is 0 Å². The smallest absolute Gasteiger partial charge is 0.309 e. The zero-order valence-corrected chi connectivity index (χ0v) is 23.9. The van der Waals surface area contributed by atoms with Gasteiger partial charge in [-0.1, -0.05) is 34.1 Å². The van der Waals surface area contributed by atoms with Crippen molar-refractivity contribution < 1.29 is 29.3 Å². The molecule has 1 fully saturated rings. The van der Waals surface area contributed by atoms with Crippen LogP contribution in [0.15, 0.2) is 15.9 Å². The summed E-state index contributed by atoms with van der Waals surface area (Å²) in [6.45, 7) is 12.5. The molecule has 0 amide bonds. The number of aliphatic imine (C=N–C) groups is 1. The van der Waals surface area contributed by atoms with Crippen LogP contribution in [0, 0.1) is 24.2 Å². The van der Waals surface area contributed by atoms with Crippen molar-refractivity contribution in [2.24, 2.45) is 22.2 Å². The third-order valence-electron chi connectivity index (χ3n) is 7.84. The highest BCUT2D eigenvalue weighted by molar-refractivity contribution is 7.09. The normalized spacial score (nSPS) is 34.4. The number of Topliss-reactive ketones (excluding diaryl/α,β-unsaturated/α-hetero) is 1. The summed E-state index contributed by atoms with van der Waals surface area (Å²) in [7, 11) is 0. The Morgan fingerprint density at radius 3 is 2.51 bits per heavy atom. The highest BCUT2D eigenvalue weighted by atomic mass is 32.1. The molecule has 8 nitrogen and oxygen atoms in total. The van der Waals surface area contributed by atoms with E-state index in [1.807, 2.05) is 39.2 Å². The topological polar surface area (TPSA) is 118 Å². The predicted molar refractivity (Wildman–Crippen MR) is 144 cm³/mol. The van der Waals surface area contributed by atoms with Crippen LogP contribution in [-0.4, -0.2) is 63.3 Å². The third kappa shape index (κ3) is 7.27. The monoisotopic (exact) mass is 534 g/mol. The van der Waals surface area contributed by atoms with Crippen LogP contribution in [0.3, 0.4) is 0 Å². The zero-order valence-electron chi connectivity index (χ0n) is 23.1. The molecule has 2 aliphatic rings. The van der Waals surface area contributed by atoms with Gasteiger partial charge in [0.1, 0.15) is 18.0 Å². The summed E-state index contributed by atoms with van der Waals surface area (Å²) in [5.74, 6) is -1.03. The highest BCUT2D eigenvalue weighted by Gasteiger charge is 2.43. The molecule has 3 heterocycles. The fourth-order valence-electron chi connectivity index (χ4n) is 5.25. The second kappa shape index (κ2) is 12.2. The Morgan fingerprint density at radius 2 is 1.86 bits per heavy atom. The van der Waals surface area contributed by atoms with Crippen LogP contribution < -0.4 is 0 Å². The first-order chi connectivity index (χ1) is 17.3. The van der Waals surface area contributed by atoms with E-state index in [1.165, 1.54) is 0 Å². The number of aryl methyl sites for hydroxylation is 1. The molecule has 3 rings (SSSR count). The third-order valence-corrected chi connectivity index (χ3v) is 8.63. The van der Waals surface area contributed by atoms with Crippen LogP contribution in [0.1, 0.15) is 84.3 Å². The number of aromatic nitrogens is 1. The summed E-state index contributed by atoms with van der Waals surface area (Å²) in [5, 5.41) is 24.7. The summed E-state index contributed by atoms with van der Waals surface area (Å²) < 4.78 is 12.0. The van der Waals surface area contributed by atoms with Gasteiger partial charge in [0.2, 0.25) is 0 Å². The maximum Gasteiger partial charge on any atom is 0.309 e. The van der Waals surface area contributed by atoms with Crippen LogP contribution in [0.25, 0.3) is 6.08 Å². The minimum Gasteiger partial charge on any atom is -0.476 e. The molecule has 1 unspecified atom stereocenters. The molecule has 0 aliphatic carbocycles. The van der Waals surface area contributed by atoms with Crippen LogP contribution in [0.4, 0.5) is 0 Å². The first-order valence-corrected chi connectivity index (χ1v) is 14.1. The number of aliphatic hydroxyl groups excluding tert-OH is 2. The molecule has 7 atom stereocenters. The molecule has 0 spiro atoms. The molecule has 9 heteroatoms. The highest BCUT2D eigenvalue weighted by Crippen LogP contribution is 2.33. The lowest BCUT2D eigenvalue weighted by molar-refractivity contribution is -0.155. The van der Waals surface area contributed by atoms with Gasteiger partial charge in [-0.3, -0.25) is 9.59 Å². The fraction of sp³-hybridized carbons (Fsp3) is 0.714. The average Bonchev–Trinajstić information content (AvgIpc) is 3.40. The molecule has 37 heavy (non-hydrogen) atoms. The fourth-order valence-corrected chi connectivity index (χ4v) is 5.82. The van der Waals surface area contributed by atoms with Crippen molar-refractivity contribution in [1.29, 1.82) is 0 Å². The number of esters is 1. The van der Waals surface area contributed by atoms with Crippen LogP contribution in [0.2, 0.25) is 0 Å². The Hall–Kier alpha value is -2.10. The molecule has 206 valence electrons. The lowest BCUT2D eigenvalue weighted by atomic mass is 9.73. The lowest BCUT2D eigenvalue weighted by Crippen LogP contribution is -2.46. The summed E-state index contributed by atoms with van der Waals surface area (Å²) in [6.07, 6.45) is 1.35. The molecular formula is C28H42N2O6S. The number of ether oxygens (including phenoxy) is 2. The summed E-state index contributed by atoms with van der Waals surface area (Å²) >= 11 is 1.55. The number of fused-ring (bicyclic) bond motifs is 1. The first kappa shape index (κ1) is 29.5. The van der Waals surface area contributed by atoms with Crippen molar-refractivity contribution in [3.8, 4) is 0 Å². The molecule has 0 radical (unpaired) electrons. The largest absolute Gasteiger partial charge is 0.476 e. The number of thiazole rings is 1. The quantitative estimate of drug-likeness (QED) is 0.536. The van der Waals surface area contributed by atoms with Crippen molar-refractivity contribution in [1.82, 2.24) is 4.98 Å². The molecular weight excluding hydrogens is 492 g/mol. The van der Waals surface area contributed by atoms with E-state index in [4.69, 9.17) is 9.47 Å². The van der Waals surface area contributed by atoms with Crippen molar-refractivity contribution in [2.45, 2.75) is 111 Å². The Balaban J connectivity index is 1.91. The van der Waals surface area contributed by atoms with E-state index >= 15 is 0 Å². The van der Waals surface area contributed by atoms with Crippen molar-refractivity contribution in [2.75, 3.05) is 0 Å². The number of nitrogens with zero attached hydrogens (tertiary/aromatic N) is 2. The van der Waals surface area contributed by atoms with Gasteiger partial charge in [0, 0.05) is 24.6 Å². The Labute approximate surface area is 224 Å². The number of cyclic esters (lactones) is 1. The zero-order chi connectivity index (χ0) is 27.5. The summed E-state index contributed by atoms with van der Waals surface area (Å²) in [5.41, 5.74) is 0.397. The minimum atomic E-state index is -1.25. The molecule has 1 saturated heterocycles. The average molecular weight is 535 g/mol. The summed E-state index contributed by atoms with van der Waals surface area (Å²) in [4.78, 5) is 35.5. The van der Waals surface area contributed by atoms with Crippen LogP contribution in [-0.2, 0) is 19.1 Å². The maximum absolute atomic E-state index is 13.3. The van der Waals surface area contributed by atoms with E-state index in [2.05, 4.69) is 9.98 Å². The minimum absolute atomic E-state index is 0.0867. The SMILES string of the molecule is CC1=NC2CCC[C@H](C)[C@H](O)[C@@H](C)C(=O)C(C)(C)[C@@H](O)CC(=O)O[C@H](/C(C)=C/c3csc(C)n3)C[C@@H]2O1. The molecule has 1 aromatic heterocycles. The predicted octanol–water partition coefficient (Wildman–Crippen LogP) is 4.51. The van der Waals surface area contributed by atoms with Gasteiger partial charge >= 0.3 is 5.97 Å². The van der Waals surface area contributed by atoms with Gasteiger partial charge in [0.25, 0.3) is 0 Å². The van der Waals surface area contributed by atoms with E-state index in [-0.39, 0.29) is 30.3 Å². The van der Waals surface area contributed by atoms with Crippen LogP contribution >= 0.6 is 11.3 Å². The van der Waals surface area contributed by atoms with Crippen molar-refractivity contribution >= 4 is 35.1 Å². The number of carbonyl (C=O) groups is 2. The summed E-state index contributed by atoms with van der Waals surface area (Å²) in [6, 6.07) is -0.0867. The van der Waals surface area contributed by atoms with E-state index < -0.39 is 35.6 Å². The number of ketones is 1. The van der Waals surface area contributed by atoms with E-state index in [0.717, 1.165) is 35.5 Å². The van der Waals surface area contributed by atoms with Gasteiger partial charge in [0.05, 0.1) is 40.8 Å².